The first-order chi connectivity index (χ1) is 35.3. The third kappa shape index (κ3) is 56.7. The summed E-state index contributed by atoms with van der Waals surface area (Å²) in [6.45, 7) is 3.64. The molecular formula is C62H112NO8P. The number of allylic oxidation sites excluding steroid dienone is 12. The molecule has 0 rings (SSSR count). The number of rotatable bonds is 56. The van der Waals surface area contributed by atoms with E-state index in [1.807, 2.05) is 0 Å². The lowest BCUT2D eigenvalue weighted by Crippen LogP contribution is -2.29. The molecule has 0 heterocycles. The van der Waals surface area contributed by atoms with E-state index in [4.69, 9.17) is 24.3 Å². The monoisotopic (exact) mass is 1030 g/mol. The Morgan fingerprint density at radius 1 is 0.431 bits per heavy atom. The number of hydrogen-bond donors (Lipinski definition) is 2. The predicted octanol–water partition coefficient (Wildman–Crippen LogP) is 18.9. The molecule has 0 aliphatic carbocycles. The van der Waals surface area contributed by atoms with Gasteiger partial charge < -0.3 is 20.1 Å². The molecule has 0 spiro atoms. The number of phosphoric ester groups is 1. The number of carbonyl (C=O) groups excluding carboxylic acids is 2. The third-order valence-electron chi connectivity index (χ3n) is 12.8. The van der Waals surface area contributed by atoms with Crippen molar-refractivity contribution in [3.05, 3.63) is 72.9 Å². The van der Waals surface area contributed by atoms with Crippen molar-refractivity contribution in [2.24, 2.45) is 5.73 Å². The first-order valence-electron chi connectivity index (χ1n) is 29.9. The summed E-state index contributed by atoms with van der Waals surface area (Å²) >= 11 is 0. The number of phosphoric acid groups is 1. The summed E-state index contributed by atoms with van der Waals surface area (Å²) < 4.78 is 33.0. The van der Waals surface area contributed by atoms with E-state index in [2.05, 4.69) is 86.8 Å². The Bertz CT molecular complexity index is 1410. The summed E-state index contributed by atoms with van der Waals surface area (Å²) in [4.78, 5) is 35.1. The highest BCUT2D eigenvalue weighted by Crippen LogP contribution is 2.43. The van der Waals surface area contributed by atoms with Gasteiger partial charge in [0.25, 0.3) is 0 Å². The van der Waals surface area contributed by atoms with Gasteiger partial charge in [-0.2, -0.15) is 0 Å². The standard InChI is InChI=1S/C62H112NO8P/c1-3-5-7-9-11-13-15-17-19-21-22-23-24-25-26-27-28-29-30-31-32-33-34-35-36-37-38-39-41-43-45-47-49-51-53-55-62(65)71-60(59-70-72(66,67)69-57-56-63)58-68-61(64)54-52-50-48-46-44-42-40-20-18-16-14-12-10-8-6-4-2/h5,7,11,13,17,19-20,22-23,25-26,40,60H,3-4,6,8-10,12,14-16,18,21,24,27-39,41-59,63H2,1-2H3,(H,66,67)/b7-5-,13-11-,19-17-,23-22-,26-25-,40-20-. The molecule has 10 heteroatoms. The van der Waals surface area contributed by atoms with Crippen LogP contribution in [-0.2, 0) is 32.7 Å². The third-order valence-corrected chi connectivity index (χ3v) is 13.8. The second-order valence-electron chi connectivity index (χ2n) is 19.8. The van der Waals surface area contributed by atoms with Crippen LogP contribution in [0.2, 0.25) is 0 Å². The number of unbranched alkanes of at least 4 members (excludes halogenated alkanes) is 31. The topological polar surface area (TPSA) is 134 Å². The van der Waals surface area contributed by atoms with Gasteiger partial charge in [-0.3, -0.25) is 18.6 Å². The van der Waals surface area contributed by atoms with Crippen molar-refractivity contribution < 1.29 is 37.6 Å². The Balaban J connectivity index is 3.87. The summed E-state index contributed by atoms with van der Waals surface area (Å²) in [7, 11) is -4.39. The van der Waals surface area contributed by atoms with Crippen LogP contribution in [0.25, 0.3) is 0 Å². The van der Waals surface area contributed by atoms with Gasteiger partial charge >= 0.3 is 19.8 Å². The summed E-state index contributed by atoms with van der Waals surface area (Å²) in [5, 5.41) is 0. The summed E-state index contributed by atoms with van der Waals surface area (Å²) in [6, 6.07) is 0. The minimum atomic E-state index is -4.39. The summed E-state index contributed by atoms with van der Waals surface area (Å²) in [6.07, 6.45) is 74.0. The van der Waals surface area contributed by atoms with Crippen LogP contribution in [0.5, 0.6) is 0 Å². The van der Waals surface area contributed by atoms with Crippen molar-refractivity contribution in [2.75, 3.05) is 26.4 Å². The van der Waals surface area contributed by atoms with Crippen LogP contribution in [-0.4, -0.2) is 49.3 Å². The van der Waals surface area contributed by atoms with Crippen molar-refractivity contribution in [2.45, 2.75) is 283 Å². The Labute approximate surface area is 443 Å². The predicted molar refractivity (Wildman–Crippen MR) is 307 cm³/mol. The van der Waals surface area contributed by atoms with Crippen LogP contribution >= 0.6 is 7.82 Å². The summed E-state index contributed by atoms with van der Waals surface area (Å²) in [5.41, 5.74) is 5.38. The van der Waals surface area contributed by atoms with Crippen molar-refractivity contribution in [3.8, 4) is 0 Å². The Kier molecular flexibility index (Phi) is 55.7. The van der Waals surface area contributed by atoms with E-state index in [1.165, 1.54) is 154 Å². The van der Waals surface area contributed by atoms with E-state index in [0.29, 0.717) is 6.42 Å². The van der Waals surface area contributed by atoms with Crippen LogP contribution in [0.15, 0.2) is 72.9 Å². The Morgan fingerprint density at radius 3 is 1.15 bits per heavy atom. The van der Waals surface area contributed by atoms with Gasteiger partial charge in [0.15, 0.2) is 6.10 Å². The lowest BCUT2D eigenvalue weighted by Gasteiger charge is -2.19. The molecule has 0 aliphatic rings. The molecule has 418 valence electrons. The van der Waals surface area contributed by atoms with Crippen LogP contribution < -0.4 is 5.73 Å². The molecule has 0 aromatic heterocycles. The second kappa shape index (κ2) is 57.7. The van der Waals surface area contributed by atoms with Crippen molar-refractivity contribution in [1.29, 1.82) is 0 Å². The zero-order valence-electron chi connectivity index (χ0n) is 46.7. The quantitative estimate of drug-likeness (QED) is 0.0264. The van der Waals surface area contributed by atoms with Gasteiger partial charge in [-0.05, 0) is 83.5 Å². The van der Waals surface area contributed by atoms with Gasteiger partial charge in [-0.15, -0.1) is 0 Å². The van der Waals surface area contributed by atoms with Gasteiger partial charge in [0, 0.05) is 19.4 Å². The maximum absolute atomic E-state index is 12.7. The molecular weight excluding hydrogens is 918 g/mol. The SMILES string of the molecule is CC/C=C\C/C=C\C/C=C\C/C=C\C/C=C\CCCCCCCCCCCCCCCCCCCCCC(=O)OC(COC(=O)CCCCCCC/C=C\CCCCCCCCC)COP(=O)(O)OCCN. The maximum atomic E-state index is 12.7. The number of esters is 2. The Morgan fingerprint density at radius 2 is 0.764 bits per heavy atom. The van der Waals surface area contributed by atoms with E-state index in [0.717, 1.165) is 89.9 Å². The molecule has 3 N–H and O–H groups in total. The molecule has 72 heavy (non-hydrogen) atoms. The van der Waals surface area contributed by atoms with E-state index in [9.17, 15) is 19.0 Å². The van der Waals surface area contributed by atoms with E-state index in [-0.39, 0.29) is 38.6 Å². The molecule has 2 atom stereocenters. The van der Waals surface area contributed by atoms with Crippen molar-refractivity contribution >= 4 is 19.8 Å². The zero-order chi connectivity index (χ0) is 52.4. The molecule has 9 nitrogen and oxygen atoms in total. The molecule has 0 saturated heterocycles. The highest BCUT2D eigenvalue weighted by molar-refractivity contribution is 7.47. The van der Waals surface area contributed by atoms with Gasteiger partial charge in [-0.25, -0.2) is 4.57 Å². The number of ether oxygens (including phenoxy) is 2. The van der Waals surface area contributed by atoms with Crippen LogP contribution in [0.3, 0.4) is 0 Å². The average Bonchev–Trinajstić information content (AvgIpc) is 3.37. The average molecular weight is 1030 g/mol. The Hall–Kier alpha value is -2.55. The minimum absolute atomic E-state index is 0.0520. The molecule has 2 unspecified atom stereocenters. The van der Waals surface area contributed by atoms with Crippen LogP contribution in [0.1, 0.15) is 277 Å². The van der Waals surface area contributed by atoms with E-state index < -0.39 is 26.5 Å². The van der Waals surface area contributed by atoms with E-state index in [1.54, 1.807) is 0 Å². The van der Waals surface area contributed by atoms with Crippen LogP contribution in [0.4, 0.5) is 0 Å². The molecule has 0 amide bonds. The number of carbonyl (C=O) groups is 2. The molecule has 0 aliphatic heterocycles. The van der Waals surface area contributed by atoms with Crippen molar-refractivity contribution in [3.63, 3.8) is 0 Å². The second-order valence-corrected chi connectivity index (χ2v) is 21.3. The minimum Gasteiger partial charge on any atom is -0.462 e. The fraction of sp³-hybridized carbons (Fsp3) is 0.774. The van der Waals surface area contributed by atoms with Crippen LogP contribution in [0, 0.1) is 0 Å². The smallest absolute Gasteiger partial charge is 0.462 e. The number of hydrogen-bond acceptors (Lipinski definition) is 8. The maximum Gasteiger partial charge on any atom is 0.472 e. The molecule has 0 fully saturated rings. The molecule has 0 aromatic carbocycles. The molecule has 0 aromatic rings. The molecule has 0 saturated carbocycles. The first kappa shape index (κ1) is 69.5. The lowest BCUT2D eigenvalue weighted by atomic mass is 10.0. The first-order valence-corrected chi connectivity index (χ1v) is 31.4. The van der Waals surface area contributed by atoms with Gasteiger partial charge in [0.05, 0.1) is 13.2 Å². The fourth-order valence-electron chi connectivity index (χ4n) is 8.42. The van der Waals surface area contributed by atoms with Gasteiger partial charge in [0.2, 0.25) is 0 Å². The fourth-order valence-corrected chi connectivity index (χ4v) is 9.19. The molecule has 0 bridgehead atoms. The lowest BCUT2D eigenvalue weighted by molar-refractivity contribution is -0.161. The largest absolute Gasteiger partial charge is 0.472 e. The highest BCUT2D eigenvalue weighted by atomic mass is 31.2. The highest BCUT2D eigenvalue weighted by Gasteiger charge is 2.26. The van der Waals surface area contributed by atoms with Gasteiger partial charge in [0.1, 0.15) is 6.61 Å². The number of nitrogens with two attached hydrogens (primary N) is 1. The van der Waals surface area contributed by atoms with Crippen molar-refractivity contribution in [1.82, 2.24) is 0 Å². The summed E-state index contributed by atoms with van der Waals surface area (Å²) in [5.74, 6) is -0.829. The van der Waals surface area contributed by atoms with E-state index >= 15 is 0 Å². The molecule has 0 radical (unpaired) electrons. The van der Waals surface area contributed by atoms with Gasteiger partial charge in [-0.1, -0.05) is 254 Å². The normalized spacial score (nSPS) is 13.6. The zero-order valence-corrected chi connectivity index (χ0v) is 47.5.